The van der Waals surface area contributed by atoms with Crippen molar-refractivity contribution >= 4 is 22.2 Å². The number of ketones is 1. The summed E-state index contributed by atoms with van der Waals surface area (Å²) in [6.07, 6.45) is 4.22. The molecule has 0 N–H and O–H groups in total. The zero-order valence-corrected chi connectivity index (χ0v) is 26.9. The first-order chi connectivity index (χ1) is 17.0. The molecule has 0 spiro atoms. The number of benzene rings is 1. The van der Waals surface area contributed by atoms with Gasteiger partial charge in [0.05, 0.1) is 18.8 Å². The van der Waals surface area contributed by atoms with E-state index in [4.69, 9.17) is 18.6 Å². The van der Waals surface area contributed by atoms with Gasteiger partial charge in [0, 0.05) is 18.6 Å². The Balaban J connectivity index is 2.15. The molecule has 0 unspecified atom stereocenters. The molecule has 4 atom stereocenters. The molecular formula is C30H48O5Si2. The Morgan fingerprint density at radius 3 is 2.32 bits per heavy atom. The summed E-state index contributed by atoms with van der Waals surface area (Å²) in [7, 11) is -1.79. The Morgan fingerprint density at radius 1 is 1.16 bits per heavy atom. The van der Waals surface area contributed by atoms with Gasteiger partial charge in [0.2, 0.25) is 5.78 Å². The molecule has 1 heterocycles. The number of hydrogen-bond donors (Lipinski definition) is 0. The minimum atomic E-state index is -1.79. The van der Waals surface area contributed by atoms with Gasteiger partial charge >= 0.3 is 0 Å². The van der Waals surface area contributed by atoms with Crippen LogP contribution in [0.3, 0.4) is 0 Å². The lowest BCUT2D eigenvalue weighted by molar-refractivity contribution is -0.117. The van der Waals surface area contributed by atoms with Crippen LogP contribution in [0.5, 0.6) is 5.75 Å². The van der Waals surface area contributed by atoms with Gasteiger partial charge in [-0.05, 0) is 55.4 Å². The molecule has 2 rings (SSSR count). The average molecular weight is 545 g/mol. The third-order valence-corrected chi connectivity index (χ3v) is 12.6. The molecule has 0 bridgehead atoms. The smallest absolute Gasteiger partial charge is 0.207 e. The van der Waals surface area contributed by atoms with Gasteiger partial charge in [0.1, 0.15) is 13.8 Å². The highest BCUT2D eigenvalue weighted by atomic mass is 28.4. The average Bonchev–Trinajstić information content (AvgIpc) is 3.11. The number of carbonyl (C=O) groups is 1. The van der Waals surface area contributed by atoms with Gasteiger partial charge in [-0.25, -0.2) is 0 Å². The summed E-state index contributed by atoms with van der Waals surface area (Å²) in [5.74, 6) is 3.82. The fraction of sp³-hybridized carbons (Fsp3) is 0.633. The van der Waals surface area contributed by atoms with Crippen molar-refractivity contribution < 1.29 is 23.4 Å². The van der Waals surface area contributed by atoms with E-state index in [1.807, 2.05) is 31.2 Å². The van der Waals surface area contributed by atoms with Crippen LogP contribution >= 0.6 is 0 Å². The third kappa shape index (κ3) is 9.53. The third-order valence-electron chi connectivity index (χ3n) is 7.18. The van der Waals surface area contributed by atoms with Crippen LogP contribution in [0.1, 0.15) is 59.3 Å². The summed E-state index contributed by atoms with van der Waals surface area (Å²) in [6.45, 7) is 22.6. The lowest BCUT2D eigenvalue weighted by Crippen LogP contribution is -2.41. The van der Waals surface area contributed by atoms with Gasteiger partial charge < -0.3 is 18.6 Å². The Labute approximate surface area is 227 Å². The van der Waals surface area contributed by atoms with E-state index in [2.05, 4.69) is 84.0 Å². The van der Waals surface area contributed by atoms with Crippen LogP contribution in [0.15, 0.2) is 36.4 Å². The van der Waals surface area contributed by atoms with Crippen molar-refractivity contribution in [2.45, 2.75) is 103 Å². The highest BCUT2D eigenvalue weighted by Gasteiger charge is 2.46. The maximum absolute atomic E-state index is 12.8. The molecule has 1 aliphatic rings. The number of carbonyl (C=O) groups excluding carboxylic acids is 1. The lowest BCUT2D eigenvalue weighted by Gasteiger charge is -2.36. The quantitative estimate of drug-likeness (QED) is 0.176. The van der Waals surface area contributed by atoms with E-state index in [-0.39, 0.29) is 23.2 Å². The predicted octanol–water partition coefficient (Wildman–Crippen LogP) is 7.31. The summed E-state index contributed by atoms with van der Waals surface area (Å²) < 4.78 is 24.5. The molecule has 1 aromatic rings. The van der Waals surface area contributed by atoms with E-state index in [9.17, 15) is 4.79 Å². The highest BCUT2D eigenvalue weighted by Crippen LogP contribution is 2.42. The number of ether oxygens (including phenoxy) is 3. The number of Topliss-reactive ketones (excluding diaryl/α,β-unsaturated/α-hetero) is 1. The maximum atomic E-state index is 12.8. The van der Waals surface area contributed by atoms with Gasteiger partial charge in [-0.15, -0.1) is 5.54 Å². The van der Waals surface area contributed by atoms with E-state index >= 15 is 0 Å². The van der Waals surface area contributed by atoms with Crippen LogP contribution in [-0.4, -0.2) is 47.6 Å². The zero-order valence-electron chi connectivity index (χ0n) is 24.9. The summed E-state index contributed by atoms with van der Waals surface area (Å²) in [6, 6.07) is 7.66. The first-order valence-corrected chi connectivity index (χ1v) is 19.7. The monoisotopic (exact) mass is 544 g/mol. The van der Waals surface area contributed by atoms with Crippen LogP contribution in [0, 0.1) is 17.4 Å². The standard InChI is InChI=1S/C30H48O5Si2/c1-23(22-33-37(10,11)29(2,3)4)13-12-19-30(5)27(21-25(31)18-20-36(7,8)9)34-28(35-30)24-14-16-26(32-6)17-15-24/h12-17,23,27-28H,19,21-22H2,1-11H3/b13-12+/t23-,27+,28-,30-/m1/s1. The van der Waals surface area contributed by atoms with Crippen molar-refractivity contribution in [3.05, 3.63) is 42.0 Å². The van der Waals surface area contributed by atoms with Crippen LogP contribution in [0.25, 0.3) is 0 Å². The Morgan fingerprint density at radius 2 is 1.78 bits per heavy atom. The molecular weight excluding hydrogens is 496 g/mol. The molecule has 0 amide bonds. The fourth-order valence-electron chi connectivity index (χ4n) is 3.62. The molecule has 5 nitrogen and oxygen atoms in total. The maximum Gasteiger partial charge on any atom is 0.207 e. The molecule has 37 heavy (non-hydrogen) atoms. The van der Waals surface area contributed by atoms with Crippen molar-refractivity contribution in [2.24, 2.45) is 5.92 Å². The minimum absolute atomic E-state index is 0.0993. The molecule has 0 aliphatic carbocycles. The summed E-state index contributed by atoms with van der Waals surface area (Å²) in [5, 5.41) is 0.188. The molecule has 0 aromatic heterocycles. The van der Waals surface area contributed by atoms with Gasteiger partial charge in [0.25, 0.3) is 0 Å². The Bertz CT molecular complexity index is 992. The Kier molecular flexibility index (Phi) is 10.6. The predicted molar refractivity (Wildman–Crippen MR) is 157 cm³/mol. The van der Waals surface area contributed by atoms with E-state index in [1.165, 1.54) is 0 Å². The molecule has 1 saturated heterocycles. The first kappa shape index (κ1) is 31.5. The summed E-state index contributed by atoms with van der Waals surface area (Å²) in [5.41, 5.74) is 3.42. The number of methoxy groups -OCH3 is 1. The van der Waals surface area contributed by atoms with Crippen molar-refractivity contribution in [1.29, 1.82) is 0 Å². The van der Waals surface area contributed by atoms with Crippen molar-refractivity contribution in [2.75, 3.05) is 13.7 Å². The normalized spacial score (nSPS) is 23.5. The topological polar surface area (TPSA) is 54.0 Å². The second-order valence-electron chi connectivity index (χ2n) is 13.0. The Hall–Kier alpha value is -1.70. The van der Waals surface area contributed by atoms with Gasteiger partial charge in [-0.2, -0.15) is 0 Å². The van der Waals surface area contributed by atoms with E-state index < -0.39 is 34.4 Å². The molecule has 1 aromatic carbocycles. The second-order valence-corrected chi connectivity index (χ2v) is 22.5. The van der Waals surface area contributed by atoms with Crippen molar-refractivity contribution in [3.63, 3.8) is 0 Å². The largest absolute Gasteiger partial charge is 0.497 e. The van der Waals surface area contributed by atoms with Crippen LogP contribution < -0.4 is 4.74 Å². The van der Waals surface area contributed by atoms with E-state index in [1.54, 1.807) is 7.11 Å². The van der Waals surface area contributed by atoms with E-state index in [0.717, 1.165) is 11.3 Å². The second kappa shape index (κ2) is 12.4. The summed E-state index contributed by atoms with van der Waals surface area (Å²) >= 11 is 0. The zero-order chi connectivity index (χ0) is 28.1. The van der Waals surface area contributed by atoms with Crippen molar-refractivity contribution in [1.82, 2.24) is 0 Å². The molecule has 0 radical (unpaired) electrons. The van der Waals surface area contributed by atoms with E-state index in [0.29, 0.717) is 13.0 Å². The SMILES string of the molecule is COc1ccc([C@@H]2O[C@@H](CC(=O)C#C[Si](C)(C)C)[C@@](C)(C/C=C/[C@@H](C)CO[Si](C)(C)C(C)(C)C)O2)cc1. The highest BCUT2D eigenvalue weighted by molar-refractivity contribution is 6.84. The fourth-order valence-corrected chi connectivity index (χ4v) is 5.24. The molecule has 1 aliphatic heterocycles. The minimum Gasteiger partial charge on any atom is -0.497 e. The first-order valence-electron chi connectivity index (χ1n) is 13.3. The molecule has 7 heteroatoms. The van der Waals surface area contributed by atoms with Crippen LogP contribution in [0.2, 0.25) is 37.8 Å². The lowest BCUT2D eigenvalue weighted by atomic mass is 9.91. The van der Waals surface area contributed by atoms with Gasteiger partial charge in [-0.3, -0.25) is 4.79 Å². The number of rotatable bonds is 10. The number of hydrogen-bond acceptors (Lipinski definition) is 5. The molecule has 0 saturated carbocycles. The van der Waals surface area contributed by atoms with Gasteiger partial charge in [0.15, 0.2) is 14.6 Å². The summed E-state index contributed by atoms with van der Waals surface area (Å²) in [4.78, 5) is 12.8. The molecule has 1 fully saturated rings. The van der Waals surface area contributed by atoms with Crippen LogP contribution in [0.4, 0.5) is 0 Å². The van der Waals surface area contributed by atoms with Crippen molar-refractivity contribution in [3.8, 4) is 17.2 Å². The van der Waals surface area contributed by atoms with Gasteiger partial charge in [-0.1, -0.05) is 71.6 Å². The molecule has 206 valence electrons. The van der Waals surface area contributed by atoms with Crippen LogP contribution in [-0.2, 0) is 18.7 Å².